The van der Waals surface area contributed by atoms with Gasteiger partial charge in [0.1, 0.15) is 0 Å². The highest BCUT2D eigenvalue weighted by Gasteiger charge is 2.30. The van der Waals surface area contributed by atoms with Crippen LogP contribution in [0.1, 0.15) is 38.6 Å². The van der Waals surface area contributed by atoms with E-state index in [0.717, 1.165) is 25.0 Å². The van der Waals surface area contributed by atoms with Crippen LogP contribution in [-0.2, 0) is 24.6 Å². The number of aryl methyl sites for hydroxylation is 2. The lowest BCUT2D eigenvalue weighted by Gasteiger charge is -2.33. The fourth-order valence-corrected chi connectivity index (χ4v) is 1.93. The Morgan fingerprint density at radius 2 is 2.18 bits per heavy atom. The Hall–Kier alpha value is -0.870. The van der Waals surface area contributed by atoms with Crippen molar-refractivity contribution >= 4 is 0 Å². The van der Waals surface area contributed by atoms with Crippen LogP contribution in [0.2, 0.25) is 0 Å². The SMILES string of the molecule is CCc1cc(CC(N)C(C)(CC)OC)n(C)n1. The number of nitrogens with zero attached hydrogens (tertiary/aromatic N) is 2. The Labute approximate surface area is 104 Å². The lowest BCUT2D eigenvalue weighted by Crippen LogP contribution is -2.48. The van der Waals surface area contributed by atoms with Gasteiger partial charge in [-0.05, 0) is 25.8 Å². The molecule has 0 bridgehead atoms. The van der Waals surface area contributed by atoms with Crippen LogP contribution in [-0.4, -0.2) is 28.5 Å². The summed E-state index contributed by atoms with van der Waals surface area (Å²) in [5, 5.41) is 4.44. The number of ether oxygens (including phenoxy) is 1. The van der Waals surface area contributed by atoms with Crippen molar-refractivity contribution in [2.45, 2.75) is 51.7 Å². The van der Waals surface area contributed by atoms with E-state index in [-0.39, 0.29) is 11.6 Å². The van der Waals surface area contributed by atoms with Gasteiger partial charge >= 0.3 is 0 Å². The summed E-state index contributed by atoms with van der Waals surface area (Å²) in [5.41, 5.74) is 8.28. The van der Waals surface area contributed by atoms with Gasteiger partial charge in [-0.2, -0.15) is 5.10 Å². The maximum absolute atomic E-state index is 6.26. The van der Waals surface area contributed by atoms with Crippen LogP contribution < -0.4 is 5.73 Å². The zero-order valence-corrected chi connectivity index (χ0v) is 11.7. The van der Waals surface area contributed by atoms with Gasteiger partial charge in [0, 0.05) is 32.3 Å². The highest BCUT2D eigenvalue weighted by atomic mass is 16.5. The van der Waals surface area contributed by atoms with Gasteiger partial charge in [0.15, 0.2) is 0 Å². The van der Waals surface area contributed by atoms with E-state index >= 15 is 0 Å². The summed E-state index contributed by atoms with van der Waals surface area (Å²) in [6.45, 7) is 6.27. The molecule has 0 saturated heterocycles. The molecule has 2 unspecified atom stereocenters. The molecular formula is C13H25N3O. The summed E-state index contributed by atoms with van der Waals surface area (Å²) >= 11 is 0. The third kappa shape index (κ3) is 3.07. The minimum atomic E-state index is -0.267. The van der Waals surface area contributed by atoms with Crippen molar-refractivity contribution in [2.75, 3.05) is 7.11 Å². The number of methoxy groups -OCH3 is 1. The number of aromatic nitrogens is 2. The van der Waals surface area contributed by atoms with Crippen LogP contribution in [0.5, 0.6) is 0 Å². The molecule has 0 aliphatic carbocycles. The molecule has 0 aliphatic rings. The normalized spacial score (nSPS) is 16.8. The first-order valence-electron chi connectivity index (χ1n) is 6.29. The van der Waals surface area contributed by atoms with Gasteiger partial charge in [-0.25, -0.2) is 0 Å². The predicted molar refractivity (Wildman–Crippen MR) is 70.0 cm³/mol. The number of nitrogens with two attached hydrogens (primary N) is 1. The van der Waals surface area contributed by atoms with Crippen molar-refractivity contribution in [2.24, 2.45) is 12.8 Å². The first-order chi connectivity index (χ1) is 7.96. The molecule has 2 N–H and O–H groups in total. The predicted octanol–water partition coefficient (Wildman–Crippen LogP) is 1.67. The fraction of sp³-hybridized carbons (Fsp3) is 0.769. The molecule has 2 atom stereocenters. The number of rotatable bonds is 6. The smallest absolute Gasteiger partial charge is 0.0802 e. The molecule has 0 amide bonds. The van der Waals surface area contributed by atoms with Crippen molar-refractivity contribution < 1.29 is 4.74 Å². The molecule has 1 rings (SSSR count). The van der Waals surface area contributed by atoms with Gasteiger partial charge < -0.3 is 10.5 Å². The largest absolute Gasteiger partial charge is 0.377 e. The molecule has 0 fully saturated rings. The summed E-state index contributed by atoms with van der Waals surface area (Å²) in [6.07, 6.45) is 2.66. The highest BCUT2D eigenvalue weighted by Crippen LogP contribution is 2.21. The summed E-state index contributed by atoms with van der Waals surface area (Å²) < 4.78 is 7.46. The van der Waals surface area contributed by atoms with Crippen molar-refractivity contribution in [1.82, 2.24) is 9.78 Å². The lowest BCUT2D eigenvalue weighted by molar-refractivity contribution is -0.0188. The van der Waals surface area contributed by atoms with Gasteiger partial charge in [-0.15, -0.1) is 0 Å². The molecule has 0 aromatic carbocycles. The minimum absolute atomic E-state index is 0.0161. The van der Waals surface area contributed by atoms with Gasteiger partial charge in [0.25, 0.3) is 0 Å². The number of hydrogen-bond donors (Lipinski definition) is 1. The van der Waals surface area contributed by atoms with E-state index in [2.05, 4.69) is 31.9 Å². The summed E-state index contributed by atoms with van der Waals surface area (Å²) in [4.78, 5) is 0. The first-order valence-corrected chi connectivity index (χ1v) is 6.29. The Balaban J connectivity index is 2.79. The van der Waals surface area contributed by atoms with Crippen LogP contribution in [0, 0.1) is 0 Å². The summed E-state index contributed by atoms with van der Waals surface area (Å²) in [5.74, 6) is 0. The second kappa shape index (κ2) is 5.65. The maximum Gasteiger partial charge on any atom is 0.0802 e. The van der Waals surface area contributed by atoms with Gasteiger partial charge in [0.2, 0.25) is 0 Å². The van der Waals surface area contributed by atoms with Crippen molar-refractivity contribution in [1.29, 1.82) is 0 Å². The van der Waals surface area contributed by atoms with Crippen molar-refractivity contribution in [3.8, 4) is 0 Å². The van der Waals surface area contributed by atoms with Crippen LogP contribution >= 0.6 is 0 Å². The van der Waals surface area contributed by atoms with E-state index in [1.165, 1.54) is 5.69 Å². The van der Waals surface area contributed by atoms with Crippen LogP contribution in [0.4, 0.5) is 0 Å². The zero-order valence-electron chi connectivity index (χ0n) is 11.7. The molecule has 4 nitrogen and oxygen atoms in total. The highest BCUT2D eigenvalue weighted by molar-refractivity contribution is 5.12. The molecule has 4 heteroatoms. The van der Waals surface area contributed by atoms with E-state index in [0.29, 0.717) is 0 Å². The summed E-state index contributed by atoms with van der Waals surface area (Å²) in [7, 11) is 3.70. The third-order valence-corrected chi connectivity index (χ3v) is 3.77. The molecular weight excluding hydrogens is 214 g/mol. The van der Waals surface area contributed by atoms with Crippen LogP contribution in [0.25, 0.3) is 0 Å². The average molecular weight is 239 g/mol. The fourth-order valence-electron chi connectivity index (χ4n) is 1.93. The molecule has 0 radical (unpaired) electrons. The minimum Gasteiger partial charge on any atom is -0.377 e. The van der Waals surface area contributed by atoms with Crippen molar-refractivity contribution in [3.05, 3.63) is 17.5 Å². The molecule has 1 aromatic rings. The quantitative estimate of drug-likeness (QED) is 0.821. The Kier molecular flexibility index (Phi) is 4.71. The van der Waals surface area contributed by atoms with E-state index in [9.17, 15) is 0 Å². The molecule has 0 aliphatic heterocycles. The van der Waals surface area contributed by atoms with Gasteiger partial charge in [-0.1, -0.05) is 13.8 Å². The second-order valence-electron chi connectivity index (χ2n) is 4.79. The molecule has 0 spiro atoms. The molecule has 1 aromatic heterocycles. The standard InChI is InChI=1S/C13H25N3O/c1-6-10-8-11(16(4)15-10)9-12(14)13(3,7-2)17-5/h8,12H,6-7,9,14H2,1-5H3. The van der Waals surface area contributed by atoms with E-state index < -0.39 is 0 Å². The second-order valence-corrected chi connectivity index (χ2v) is 4.79. The molecule has 1 heterocycles. The Bertz CT molecular complexity index is 356. The van der Waals surface area contributed by atoms with E-state index in [1.54, 1.807) is 7.11 Å². The topological polar surface area (TPSA) is 53.1 Å². The third-order valence-electron chi connectivity index (χ3n) is 3.77. The maximum atomic E-state index is 6.26. The molecule has 98 valence electrons. The Morgan fingerprint density at radius 1 is 1.53 bits per heavy atom. The van der Waals surface area contributed by atoms with Gasteiger partial charge in [0.05, 0.1) is 11.3 Å². The summed E-state index contributed by atoms with van der Waals surface area (Å²) in [6, 6.07) is 2.11. The van der Waals surface area contributed by atoms with E-state index in [4.69, 9.17) is 10.5 Å². The molecule has 17 heavy (non-hydrogen) atoms. The molecule has 0 saturated carbocycles. The average Bonchev–Trinajstić information content (AvgIpc) is 2.69. The van der Waals surface area contributed by atoms with Crippen LogP contribution in [0.3, 0.4) is 0 Å². The lowest BCUT2D eigenvalue weighted by atomic mass is 9.90. The van der Waals surface area contributed by atoms with E-state index in [1.807, 2.05) is 11.7 Å². The number of hydrogen-bond acceptors (Lipinski definition) is 3. The first kappa shape index (κ1) is 14.2. The zero-order chi connectivity index (χ0) is 13.1. The monoisotopic (exact) mass is 239 g/mol. The van der Waals surface area contributed by atoms with Gasteiger partial charge in [-0.3, -0.25) is 4.68 Å². The van der Waals surface area contributed by atoms with Crippen molar-refractivity contribution in [3.63, 3.8) is 0 Å². The Morgan fingerprint density at radius 3 is 2.59 bits per heavy atom. The van der Waals surface area contributed by atoms with Crippen LogP contribution in [0.15, 0.2) is 6.07 Å².